The summed E-state index contributed by atoms with van der Waals surface area (Å²) in [5.41, 5.74) is 0.402. The van der Waals surface area contributed by atoms with Gasteiger partial charge in [0.25, 0.3) is 5.56 Å². The van der Waals surface area contributed by atoms with Crippen LogP contribution < -0.4 is 25.1 Å². The Kier molecular flexibility index (Phi) is 5.30. The fraction of sp³-hybridized carbons (Fsp3) is 0.200. The Bertz CT molecular complexity index is 1030. The molecule has 0 spiro atoms. The second kappa shape index (κ2) is 7.82. The second-order valence-electron chi connectivity index (χ2n) is 5.72. The minimum atomic E-state index is -0.654. The minimum Gasteiger partial charge on any atom is -0.493 e. The highest BCUT2D eigenvalue weighted by Crippen LogP contribution is 2.35. The van der Waals surface area contributed by atoms with Gasteiger partial charge < -0.3 is 18.8 Å². The van der Waals surface area contributed by atoms with Gasteiger partial charge in [-0.2, -0.15) is 0 Å². The third kappa shape index (κ3) is 3.72. The summed E-state index contributed by atoms with van der Waals surface area (Å²) in [5, 5.41) is 3.49. The monoisotopic (exact) mass is 368 g/mol. The normalized spacial score (nSPS) is 10.5. The average Bonchev–Trinajstić information content (AvgIpc) is 2.69. The van der Waals surface area contributed by atoms with Crippen LogP contribution >= 0.6 is 0 Å². The summed E-state index contributed by atoms with van der Waals surface area (Å²) in [6, 6.07) is 12.2. The Hall–Kier alpha value is -3.48. The summed E-state index contributed by atoms with van der Waals surface area (Å²) >= 11 is 0. The van der Waals surface area contributed by atoms with Crippen molar-refractivity contribution >= 4 is 22.6 Å². The molecule has 0 aliphatic heterocycles. The molecule has 0 saturated carbocycles. The fourth-order valence-electron chi connectivity index (χ4n) is 2.77. The molecule has 1 N–H and O–H groups in total. The lowest BCUT2D eigenvalue weighted by Gasteiger charge is -2.14. The summed E-state index contributed by atoms with van der Waals surface area (Å²) in [7, 11) is 3.00. The summed E-state index contributed by atoms with van der Waals surface area (Å²) in [6.45, 7) is 2.27. The van der Waals surface area contributed by atoms with Gasteiger partial charge in [0, 0.05) is 17.6 Å². The molecule has 1 heterocycles. The van der Waals surface area contributed by atoms with Crippen LogP contribution in [0.2, 0.25) is 0 Å². The highest BCUT2D eigenvalue weighted by molar-refractivity contribution is 5.94. The number of ether oxygens (including phenoxy) is 3. The maximum atomic E-state index is 12.7. The number of aryl methyl sites for hydroxylation is 1. The average molecular weight is 368 g/mol. The molecule has 0 aliphatic carbocycles. The van der Waals surface area contributed by atoms with E-state index in [1.807, 2.05) is 13.0 Å². The SMILES string of the molecule is CCn1cc(OC(=O)Nc2ccccc2)c2cc(OC)c(OC)cc2c1=O. The Morgan fingerprint density at radius 1 is 1.00 bits per heavy atom. The third-order valence-electron chi connectivity index (χ3n) is 4.12. The number of aromatic nitrogens is 1. The molecule has 0 radical (unpaired) electrons. The molecule has 0 aliphatic rings. The number of pyridine rings is 1. The summed E-state index contributed by atoms with van der Waals surface area (Å²) in [5.74, 6) is 1.11. The Morgan fingerprint density at radius 3 is 2.22 bits per heavy atom. The lowest BCUT2D eigenvalue weighted by molar-refractivity contribution is 0.215. The van der Waals surface area contributed by atoms with Crippen molar-refractivity contribution in [3.8, 4) is 17.2 Å². The number of nitrogens with one attached hydrogen (secondary N) is 1. The molecule has 0 saturated heterocycles. The molecule has 0 bridgehead atoms. The number of amides is 1. The van der Waals surface area contributed by atoms with E-state index in [9.17, 15) is 9.59 Å². The molecule has 1 aromatic heterocycles. The van der Waals surface area contributed by atoms with Crippen LogP contribution in [0.5, 0.6) is 17.2 Å². The predicted molar refractivity (Wildman–Crippen MR) is 103 cm³/mol. The van der Waals surface area contributed by atoms with E-state index in [0.717, 1.165) is 0 Å². The van der Waals surface area contributed by atoms with Gasteiger partial charge >= 0.3 is 6.09 Å². The van der Waals surface area contributed by atoms with Crippen LogP contribution in [0.25, 0.3) is 10.8 Å². The number of rotatable bonds is 5. The number of para-hydroxylation sites is 1. The lowest BCUT2D eigenvalue weighted by Crippen LogP contribution is -2.22. The van der Waals surface area contributed by atoms with Crippen molar-refractivity contribution in [1.82, 2.24) is 4.57 Å². The molecule has 1 amide bonds. The van der Waals surface area contributed by atoms with Crippen molar-refractivity contribution < 1.29 is 19.0 Å². The molecule has 3 rings (SSSR count). The molecular formula is C20H20N2O5. The molecule has 27 heavy (non-hydrogen) atoms. The number of benzene rings is 2. The van der Waals surface area contributed by atoms with Crippen molar-refractivity contribution in [3.05, 3.63) is 59.0 Å². The molecule has 0 atom stereocenters. The van der Waals surface area contributed by atoms with Gasteiger partial charge in [-0.15, -0.1) is 0 Å². The molecule has 0 fully saturated rings. The number of fused-ring (bicyclic) bond motifs is 1. The van der Waals surface area contributed by atoms with Gasteiger partial charge in [0.2, 0.25) is 0 Å². The van der Waals surface area contributed by atoms with Crippen molar-refractivity contribution in [3.63, 3.8) is 0 Å². The first-order valence-electron chi connectivity index (χ1n) is 8.40. The van der Waals surface area contributed by atoms with Crippen molar-refractivity contribution in [1.29, 1.82) is 0 Å². The molecule has 3 aromatic rings. The van der Waals surface area contributed by atoms with Crippen LogP contribution in [0.3, 0.4) is 0 Å². The van der Waals surface area contributed by atoms with Crippen molar-refractivity contribution in [2.75, 3.05) is 19.5 Å². The maximum Gasteiger partial charge on any atom is 0.417 e. The standard InChI is InChI=1S/C20H20N2O5/c1-4-22-12-18(27-20(24)21-13-8-6-5-7-9-13)14-10-16(25-2)17(26-3)11-15(14)19(22)23/h5-12H,4H2,1-3H3,(H,21,24). The van der Waals surface area contributed by atoms with Crippen LogP contribution in [0.4, 0.5) is 10.5 Å². The van der Waals surface area contributed by atoms with E-state index >= 15 is 0 Å². The minimum absolute atomic E-state index is 0.204. The second-order valence-corrected chi connectivity index (χ2v) is 5.72. The van der Waals surface area contributed by atoms with Gasteiger partial charge in [0.15, 0.2) is 17.2 Å². The predicted octanol–water partition coefficient (Wildman–Crippen LogP) is 3.65. The van der Waals surface area contributed by atoms with E-state index in [2.05, 4.69) is 5.32 Å². The number of anilines is 1. The van der Waals surface area contributed by atoms with E-state index in [4.69, 9.17) is 14.2 Å². The molecule has 2 aromatic carbocycles. The van der Waals surface area contributed by atoms with Gasteiger partial charge in [-0.25, -0.2) is 4.79 Å². The number of carbonyl (C=O) groups excluding carboxylic acids is 1. The Morgan fingerprint density at radius 2 is 1.63 bits per heavy atom. The molecular weight excluding hydrogens is 348 g/mol. The number of methoxy groups -OCH3 is 2. The largest absolute Gasteiger partial charge is 0.493 e. The smallest absolute Gasteiger partial charge is 0.417 e. The van der Waals surface area contributed by atoms with Crippen LogP contribution in [0, 0.1) is 0 Å². The van der Waals surface area contributed by atoms with Gasteiger partial charge in [-0.3, -0.25) is 10.1 Å². The zero-order valence-electron chi connectivity index (χ0n) is 15.3. The fourth-order valence-corrected chi connectivity index (χ4v) is 2.77. The topological polar surface area (TPSA) is 78.8 Å². The molecule has 7 heteroatoms. The van der Waals surface area contributed by atoms with Crippen molar-refractivity contribution in [2.45, 2.75) is 13.5 Å². The van der Waals surface area contributed by atoms with Gasteiger partial charge in [0.1, 0.15) is 0 Å². The van der Waals surface area contributed by atoms with E-state index in [0.29, 0.717) is 34.5 Å². The Balaban J connectivity index is 2.06. The Labute approximate surface area is 156 Å². The van der Waals surface area contributed by atoms with E-state index in [-0.39, 0.29) is 11.3 Å². The zero-order valence-corrected chi connectivity index (χ0v) is 15.3. The molecule has 7 nitrogen and oxygen atoms in total. The first-order valence-corrected chi connectivity index (χ1v) is 8.40. The summed E-state index contributed by atoms with van der Waals surface area (Å²) < 4.78 is 17.6. The van der Waals surface area contributed by atoms with E-state index < -0.39 is 6.09 Å². The van der Waals surface area contributed by atoms with Crippen LogP contribution in [0.15, 0.2) is 53.5 Å². The quantitative estimate of drug-likeness (QED) is 0.744. The van der Waals surface area contributed by atoms with E-state index in [1.54, 1.807) is 36.4 Å². The first-order chi connectivity index (χ1) is 13.1. The van der Waals surface area contributed by atoms with Crippen molar-refractivity contribution in [2.24, 2.45) is 0 Å². The number of carbonyl (C=O) groups is 1. The van der Waals surface area contributed by atoms with Crippen LogP contribution in [-0.2, 0) is 6.54 Å². The van der Waals surface area contributed by atoms with E-state index in [1.165, 1.54) is 25.0 Å². The maximum absolute atomic E-state index is 12.7. The third-order valence-corrected chi connectivity index (χ3v) is 4.12. The summed E-state index contributed by atoms with van der Waals surface area (Å²) in [4.78, 5) is 25.0. The van der Waals surface area contributed by atoms with Gasteiger partial charge in [-0.1, -0.05) is 18.2 Å². The number of hydrogen-bond acceptors (Lipinski definition) is 5. The summed E-state index contributed by atoms with van der Waals surface area (Å²) in [6.07, 6.45) is 0.861. The molecule has 0 unspecified atom stereocenters. The van der Waals surface area contributed by atoms with Gasteiger partial charge in [0.05, 0.1) is 25.8 Å². The first kappa shape index (κ1) is 18.3. The van der Waals surface area contributed by atoms with Crippen LogP contribution in [-0.4, -0.2) is 24.9 Å². The van der Waals surface area contributed by atoms with Gasteiger partial charge in [-0.05, 0) is 31.2 Å². The number of hydrogen-bond donors (Lipinski definition) is 1. The van der Waals surface area contributed by atoms with Crippen LogP contribution in [0.1, 0.15) is 6.92 Å². The lowest BCUT2D eigenvalue weighted by atomic mass is 10.1. The highest BCUT2D eigenvalue weighted by atomic mass is 16.6. The number of nitrogens with zero attached hydrogens (tertiary/aromatic N) is 1. The molecule has 140 valence electrons. The highest BCUT2D eigenvalue weighted by Gasteiger charge is 2.17. The zero-order chi connectivity index (χ0) is 19.4.